The molecule has 1 aromatic heterocycles. The minimum absolute atomic E-state index is 0.0764. The Morgan fingerprint density at radius 2 is 2.00 bits per heavy atom. The maximum Gasteiger partial charge on any atom is 0.375 e. The van der Waals surface area contributed by atoms with Crippen LogP contribution in [0.25, 0.3) is 0 Å². The number of aliphatic imine (C=N–C) groups is 1. The van der Waals surface area contributed by atoms with Crippen LogP contribution < -0.4 is 4.74 Å². The van der Waals surface area contributed by atoms with Gasteiger partial charge in [0.1, 0.15) is 5.45 Å². The van der Waals surface area contributed by atoms with Gasteiger partial charge in [0, 0.05) is 18.0 Å². The molecule has 0 amide bonds. The van der Waals surface area contributed by atoms with Gasteiger partial charge in [-0.15, -0.1) is 11.3 Å². The molecule has 26 heavy (non-hydrogen) atoms. The smallest absolute Gasteiger partial charge is 0.375 e. The first-order valence-electron chi connectivity index (χ1n) is 8.16. The van der Waals surface area contributed by atoms with Crippen LogP contribution >= 0.6 is 18.9 Å². The van der Waals surface area contributed by atoms with E-state index in [1.807, 2.05) is 0 Å². The van der Waals surface area contributed by atoms with E-state index >= 15 is 0 Å². The number of aromatic nitrogens is 1. The van der Waals surface area contributed by atoms with Crippen molar-refractivity contribution in [3.63, 3.8) is 0 Å². The number of rotatable bonds is 9. The van der Waals surface area contributed by atoms with Crippen molar-refractivity contribution in [3.8, 4) is 11.5 Å². The van der Waals surface area contributed by atoms with Crippen molar-refractivity contribution in [1.29, 1.82) is 0 Å². The zero-order chi connectivity index (χ0) is 19.2. The van der Waals surface area contributed by atoms with Crippen molar-refractivity contribution in [2.24, 2.45) is 4.99 Å². The number of nitrogens with zero attached hydrogens (tertiary/aromatic N) is 2. The molecule has 0 spiro atoms. The summed E-state index contributed by atoms with van der Waals surface area (Å²) in [5.41, 5.74) is 1.69. The number of benzene rings is 1. The molecule has 0 aliphatic rings. The second-order valence-corrected chi connectivity index (χ2v) is 8.22. The van der Waals surface area contributed by atoms with Gasteiger partial charge in [0.25, 0.3) is 0 Å². The summed E-state index contributed by atoms with van der Waals surface area (Å²) in [6, 6.07) is 3.47. The minimum atomic E-state index is -3.57. The summed E-state index contributed by atoms with van der Waals surface area (Å²) in [7, 11) is -2.09. The molecule has 2 rings (SSSR count). The normalized spacial score (nSPS) is 12.4. The number of hydrogen-bond donors (Lipinski definition) is 1. The maximum atomic E-state index is 13.3. The maximum absolute atomic E-state index is 13.3. The van der Waals surface area contributed by atoms with E-state index in [0.29, 0.717) is 16.4 Å². The van der Waals surface area contributed by atoms with Crippen LogP contribution in [0.5, 0.6) is 11.5 Å². The molecule has 0 radical (unpaired) electrons. The summed E-state index contributed by atoms with van der Waals surface area (Å²) in [6.45, 7) is 5.72. The van der Waals surface area contributed by atoms with Gasteiger partial charge in [-0.1, -0.05) is 6.07 Å². The van der Waals surface area contributed by atoms with Crippen molar-refractivity contribution in [2.45, 2.75) is 27.2 Å². The van der Waals surface area contributed by atoms with E-state index in [1.54, 1.807) is 44.5 Å². The summed E-state index contributed by atoms with van der Waals surface area (Å²) in [5.74, 6) is 0.420. The van der Waals surface area contributed by atoms with Gasteiger partial charge in [-0.2, -0.15) is 0 Å². The van der Waals surface area contributed by atoms with Crippen LogP contribution in [0.1, 0.15) is 25.0 Å². The first kappa shape index (κ1) is 20.6. The lowest BCUT2D eigenvalue weighted by Gasteiger charge is -2.19. The molecule has 0 saturated heterocycles. The highest BCUT2D eigenvalue weighted by molar-refractivity contribution is 7.72. The van der Waals surface area contributed by atoms with Gasteiger partial charge in [-0.25, -0.2) is 9.98 Å². The van der Waals surface area contributed by atoms with Gasteiger partial charge in [-0.3, -0.25) is 4.57 Å². The Hall–Kier alpha value is -1.73. The summed E-state index contributed by atoms with van der Waals surface area (Å²) >= 11 is 1.33. The zero-order valence-electron chi connectivity index (χ0n) is 15.3. The Bertz CT molecular complexity index is 798. The van der Waals surface area contributed by atoms with Crippen molar-refractivity contribution >= 4 is 29.5 Å². The van der Waals surface area contributed by atoms with Gasteiger partial charge < -0.3 is 18.9 Å². The molecule has 0 aliphatic carbocycles. The molecule has 1 heterocycles. The van der Waals surface area contributed by atoms with Crippen molar-refractivity contribution in [3.05, 3.63) is 34.8 Å². The number of aryl methyl sites for hydroxylation is 1. The standard InChI is InChI=1S/C17H23N2O5PS/c1-5-23-25(21,24-6-2)15(19-17-18-7-8-26-17)11-13-9-12(3)16(20)14(10-13)22-4/h7-10,20H,5-6,11H2,1-4H3. The third-order valence-corrected chi connectivity index (χ3v) is 6.22. The largest absolute Gasteiger partial charge is 0.504 e. The molecular weight excluding hydrogens is 375 g/mol. The highest BCUT2D eigenvalue weighted by Gasteiger charge is 2.32. The van der Waals surface area contributed by atoms with E-state index in [9.17, 15) is 9.67 Å². The van der Waals surface area contributed by atoms with Crippen LogP contribution in [0, 0.1) is 6.92 Å². The lowest BCUT2D eigenvalue weighted by Crippen LogP contribution is -2.10. The second-order valence-electron chi connectivity index (χ2n) is 5.32. The predicted octanol–water partition coefficient (Wildman–Crippen LogP) is 4.70. The molecule has 0 unspecified atom stereocenters. The zero-order valence-corrected chi connectivity index (χ0v) is 17.0. The number of methoxy groups -OCH3 is 1. The lowest BCUT2D eigenvalue weighted by atomic mass is 10.1. The average molecular weight is 398 g/mol. The summed E-state index contributed by atoms with van der Waals surface area (Å²) < 4.78 is 29.4. The Balaban J connectivity index is 2.48. The van der Waals surface area contributed by atoms with Gasteiger partial charge in [-0.05, 0) is 38.0 Å². The summed E-state index contributed by atoms with van der Waals surface area (Å²) in [4.78, 5) is 8.57. The molecule has 0 bridgehead atoms. The van der Waals surface area contributed by atoms with Gasteiger partial charge in [0.15, 0.2) is 11.5 Å². The molecule has 1 aromatic carbocycles. The van der Waals surface area contributed by atoms with Crippen molar-refractivity contribution in [2.75, 3.05) is 20.3 Å². The Kier molecular flexibility index (Phi) is 7.34. The topological polar surface area (TPSA) is 90.2 Å². The molecule has 0 saturated carbocycles. The first-order chi connectivity index (χ1) is 12.4. The van der Waals surface area contributed by atoms with Crippen LogP contribution in [0.4, 0.5) is 5.13 Å². The molecule has 0 aliphatic heterocycles. The highest BCUT2D eigenvalue weighted by Crippen LogP contribution is 2.51. The Morgan fingerprint density at radius 1 is 1.31 bits per heavy atom. The molecule has 2 aromatic rings. The van der Waals surface area contributed by atoms with E-state index in [2.05, 4.69) is 9.98 Å². The molecule has 142 valence electrons. The summed E-state index contributed by atoms with van der Waals surface area (Å²) in [6.07, 6.45) is 1.84. The lowest BCUT2D eigenvalue weighted by molar-refractivity contribution is 0.232. The average Bonchev–Trinajstić information content (AvgIpc) is 3.11. The summed E-state index contributed by atoms with van der Waals surface area (Å²) in [5, 5.41) is 12.3. The molecule has 0 atom stereocenters. The number of thiazole rings is 1. The number of phenolic OH excluding ortho intramolecular Hbond substituents is 1. The first-order valence-corrected chi connectivity index (χ1v) is 10.6. The highest BCUT2D eigenvalue weighted by atomic mass is 32.1. The Labute approximate surface area is 157 Å². The molecule has 0 fully saturated rings. The van der Waals surface area contributed by atoms with E-state index in [1.165, 1.54) is 18.4 Å². The molecule has 7 nitrogen and oxygen atoms in total. The fourth-order valence-electron chi connectivity index (χ4n) is 2.36. The van der Waals surface area contributed by atoms with Crippen LogP contribution in [0.2, 0.25) is 0 Å². The third-order valence-electron chi connectivity index (χ3n) is 3.47. The van der Waals surface area contributed by atoms with E-state index < -0.39 is 7.60 Å². The van der Waals surface area contributed by atoms with Gasteiger partial charge >= 0.3 is 7.60 Å². The third kappa shape index (κ3) is 4.92. The Morgan fingerprint density at radius 3 is 2.54 bits per heavy atom. The minimum Gasteiger partial charge on any atom is -0.504 e. The monoisotopic (exact) mass is 398 g/mol. The van der Waals surface area contributed by atoms with Crippen LogP contribution in [0.15, 0.2) is 28.7 Å². The number of hydrogen-bond acceptors (Lipinski definition) is 8. The van der Waals surface area contributed by atoms with E-state index in [0.717, 1.165) is 5.56 Å². The van der Waals surface area contributed by atoms with E-state index in [4.69, 9.17) is 13.8 Å². The fourth-order valence-corrected chi connectivity index (χ4v) is 4.61. The fraction of sp³-hybridized carbons (Fsp3) is 0.412. The number of phenols is 1. The van der Waals surface area contributed by atoms with Gasteiger partial charge in [0.05, 0.1) is 20.3 Å². The van der Waals surface area contributed by atoms with Crippen molar-refractivity contribution < 1.29 is 23.5 Å². The van der Waals surface area contributed by atoms with Crippen molar-refractivity contribution in [1.82, 2.24) is 4.98 Å². The van der Waals surface area contributed by atoms with E-state index in [-0.39, 0.29) is 30.8 Å². The van der Waals surface area contributed by atoms with Crippen LogP contribution in [0.3, 0.4) is 0 Å². The molecule has 9 heteroatoms. The SMILES string of the molecule is CCOP(=O)(OCC)C(Cc1cc(C)c(O)c(OC)c1)=Nc1nccs1. The second kappa shape index (κ2) is 9.28. The molecule has 1 N–H and O–H groups in total. The van der Waals surface area contributed by atoms with Gasteiger partial charge in [0.2, 0.25) is 5.13 Å². The van der Waals surface area contributed by atoms with Crippen LogP contribution in [-0.4, -0.2) is 35.9 Å². The molecular formula is C17H23N2O5PS. The quantitative estimate of drug-likeness (QED) is 0.486. The predicted molar refractivity (Wildman–Crippen MR) is 103 cm³/mol. The number of ether oxygens (including phenoxy) is 1. The van der Waals surface area contributed by atoms with Crippen LogP contribution in [-0.2, 0) is 20.0 Å². The number of aromatic hydroxyl groups is 1.